The molecule has 1 aliphatic heterocycles. The van der Waals surface area contributed by atoms with Crippen LogP contribution in [0.5, 0.6) is 23.0 Å². The van der Waals surface area contributed by atoms with Gasteiger partial charge in [0.15, 0.2) is 11.5 Å². The molecule has 0 atom stereocenters. The second-order valence-electron chi connectivity index (χ2n) is 9.02. The molecule has 0 saturated carbocycles. The van der Waals surface area contributed by atoms with Crippen molar-refractivity contribution in [3.05, 3.63) is 64.8 Å². The Morgan fingerprint density at radius 3 is 2.35 bits per heavy atom. The first-order valence-corrected chi connectivity index (χ1v) is 10.7. The Kier molecular flexibility index (Phi) is 6.49. The van der Waals surface area contributed by atoms with E-state index >= 15 is 0 Å². The maximum atomic E-state index is 10.6. The van der Waals surface area contributed by atoms with Gasteiger partial charge in [-0.25, -0.2) is 0 Å². The fourth-order valence-electron chi connectivity index (χ4n) is 3.65. The molecule has 0 unspecified atom stereocenters. The van der Waals surface area contributed by atoms with Gasteiger partial charge in [-0.15, -0.1) is 0 Å². The standard InChI is InChI=1S/C27H32O4/c1-17(2)7-6-8-18(3)9-10-19-13-24(29)25(30)16-22(19)20-14-23(28)21-11-12-27(4,5)31-26(21)15-20/h7,9,11-16,28-30H,6,8,10H2,1-5H3. The van der Waals surface area contributed by atoms with E-state index < -0.39 is 5.60 Å². The summed E-state index contributed by atoms with van der Waals surface area (Å²) in [5, 5.41) is 30.8. The molecule has 164 valence electrons. The van der Waals surface area contributed by atoms with Gasteiger partial charge in [-0.05, 0) is 107 Å². The molecule has 0 fully saturated rings. The van der Waals surface area contributed by atoms with Crippen molar-refractivity contribution < 1.29 is 20.1 Å². The van der Waals surface area contributed by atoms with Gasteiger partial charge in [0, 0.05) is 0 Å². The average Bonchev–Trinajstić information content (AvgIpc) is 2.67. The van der Waals surface area contributed by atoms with Gasteiger partial charge in [-0.3, -0.25) is 0 Å². The lowest BCUT2D eigenvalue weighted by atomic mass is 9.93. The van der Waals surface area contributed by atoms with Crippen LogP contribution in [0.2, 0.25) is 0 Å². The summed E-state index contributed by atoms with van der Waals surface area (Å²) in [4.78, 5) is 0. The van der Waals surface area contributed by atoms with Crippen LogP contribution in [0.15, 0.2) is 53.6 Å². The Bertz CT molecular complexity index is 1070. The summed E-state index contributed by atoms with van der Waals surface area (Å²) in [5.41, 5.74) is 5.08. The molecule has 3 N–H and O–H groups in total. The molecule has 0 aliphatic carbocycles. The van der Waals surface area contributed by atoms with Crippen molar-refractivity contribution in [3.8, 4) is 34.1 Å². The Hall–Kier alpha value is -3.14. The van der Waals surface area contributed by atoms with Crippen molar-refractivity contribution in [1.82, 2.24) is 0 Å². The van der Waals surface area contributed by atoms with E-state index in [0.29, 0.717) is 17.7 Å². The molecule has 1 aliphatic rings. The van der Waals surface area contributed by atoms with E-state index in [-0.39, 0.29) is 17.2 Å². The van der Waals surface area contributed by atoms with E-state index in [0.717, 1.165) is 29.5 Å². The number of ether oxygens (including phenoxy) is 1. The third-order valence-electron chi connectivity index (χ3n) is 5.42. The summed E-state index contributed by atoms with van der Waals surface area (Å²) >= 11 is 0. The van der Waals surface area contributed by atoms with Gasteiger partial charge in [0.25, 0.3) is 0 Å². The molecule has 31 heavy (non-hydrogen) atoms. The lowest BCUT2D eigenvalue weighted by Crippen LogP contribution is -2.27. The molecule has 4 heteroatoms. The molecule has 0 bridgehead atoms. The highest BCUT2D eigenvalue weighted by Gasteiger charge is 2.24. The zero-order valence-corrected chi connectivity index (χ0v) is 19.0. The van der Waals surface area contributed by atoms with Crippen LogP contribution in [0.4, 0.5) is 0 Å². The van der Waals surface area contributed by atoms with Crippen molar-refractivity contribution >= 4 is 6.08 Å². The quantitative estimate of drug-likeness (QED) is 0.351. The predicted octanol–water partition coefficient (Wildman–Crippen LogP) is 6.89. The summed E-state index contributed by atoms with van der Waals surface area (Å²) in [6, 6.07) is 6.68. The van der Waals surface area contributed by atoms with E-state index in [1.54, 1.807) is 18.2 Å². The van der Waals surface area contributed by atoms with Crippen molar-refractivity contribution in [2.45, 2.75) is 59.5 Å². The lowest BCUT2D eigenvalue weighted by Gasteiger charge is -2.28. The Balaban J connectivity index is 1.97. The second kappa shape index (κ2) is 8.93. The van der Waals surface area contributed by atoms with Crippen LogP contribution >= 0.6 is 0 Å². The van der Waals surface area contributed by atoms with Gasteiger partial charge >= 0.3 is 0 Å². The van der Waals surface area contributed by atoms with Crippen LogP contribution < -0.4 is 4.74 Å². The molecular formula is C27H32O4. The number of benzene rings is 2. The maximum Gasteiger partial charge on any atom is 0.158 e. The SMILES string of the molecule is CC(C)=CCCC(C)=CCc1cc(O)c(O)cc1-c1cc(O)c2c(c1)OC(C)(C)C=C2. The van der Waals surface area contributed by atoms with Gasteiger partial charge in [-0.2, -0.15) is 0 Å². The molecule has 0 radical (unpaired) electrons. The summed E-state index contributed by atoms with van der Waals surface area (Å²) in [7, 11) is 0. The minimum absolute atomic E-state index is 0.117. The second-order valence-corrected chi connectivity index (χ2v) is 9.02. The number of rotatable bonds is 6. The van der Waals surface area contributed by atoms with Crippen molar-refractivity contribution in [2.24, 2.45) is 0 Å². The number of hydrogen-bond acceptors (Lipinski definition) is 4. The smallest absolute Gasteiger partial charge is 0.158 e. The first-order chi connectivity index (χ1) is 14.6. The topological polar surface area (TPSA) is 69.9 Å². The highest BCUT2D eigenvalue weighted by molar-refractivity contribution is 5.78. The van der Waals surface area contributed by atoms with Crippen LogP contribution in [0.25, 0.3) is 17.2 Å². The summed E-state index contributed by atoms with van der Waals surface area (Å²) < 4.78 is 6.04. The van der Waals surface area contributed by atoms with Crippen LogP contribution in [-0.2, 0) is 6.42 Å². The molecule has 2 aromatic rings. The first kappa shape index (κ1) is 22.5. The largest absolute Gasteiger partial charge is 0.507 e. The van der Waals surface area contributed by atoms with Crippen LogP contribution in [0.1, 0.15) is 58.6 Å². The Labute approximate surface area is 184 Å². The first-order valence-electron chi connectivity index (χ1n) is 10.7. The molecule has 2 aromatic carbocycles. The van der Waals surface area contributed by atoms with Gasteiger partial charge < -0.3 is 20.1 Å². The molecule has 1 heterocycles. The highest BCUT2D eigenvalue weighted by atomic mass is 16.5. The number of phenolic OH excluding ortho intramolecular Hbond substituents is 3. The zero-order valence-electron chi connectivity index (χ0n) is 19.0. The third kappa shape index (κ3) is 5.52. The lowest BCUT2D eigenvalue weighted by molar-refractivity contribution is 0.158. The molecule has 0 saturated heterocycles. The van der Waals surface area contributed by atoms with Gasteiger partial charge in [0.1, 0.15) is 17.1 Å². The summed E-state index contributed by atoms with van der Waals surface area (Å²) in [5.74, 6) is 0.360. The minimum Gasteiger partial charge on any atom is -0.507 e. The summed E-state index contributed by atoms with van der Waals surface area (Å²) in [6.45, 7) is 10.2. The minimum atomic E-state index is -0.469. The molecule has 3 rings (SSSR count). The van der Waals surface area contributed by atoms with Gasteiger partial charge in [0.05, 0.1) is 5.56 Å². The average molecular weight is 421 g/mol. The number of phenols is 3. The molecule has 0 spiro atoms. The highest BCUT2D eigenvalue weighted by Crippen LogP contribution is 2.42. The van der Waals surface area contributed by atoms with Gasteiger partial charge in [-0.1, -0.05) is 23.3 Å². The number of fused-ring (bicyclic) bond motifs is 1. The van der Waals surface area contributed by atoms with Crippen LogP contribution in [-0.4, -0.2) is 20.9 Å². The van der Waals surface area contributed by atoms with Crippen LogP contribution in [0, 0.1) is 0 Å². The van der Waals surface area contributed by atoms with E-state index in [4.69, 9.17) is 4.74 Å². The predicted molar refractivity (Wildman–Crippen MR) is 127 cm³/mol. The third-order valence-corrected chi connectivity index (χ3v) is 5.42. The maximum absolute atomic E-state index is 10.6. The van der Waals surface area contributed by atoms with E-state index in [2.05, 4.69) is 32.9 Å². The zero-order chi connectivity index (χ0) is 22.8. The van der Waals surface area contributed by atoms with Crippen molar-refractivity contribution in [3.63, 3.8) is 0 Å². The van der Waals surface area contributed by atoms with Gasteiger partial charge in [0.2, 0.25) is 0 Å². The molecule has 4 nitrogen and oxygen atoms in total. The normalized spacial score (nSPS) is 14.7. The fourth-order valence-corrected chi connectivity index (χ4v) is 3.65. The molecular weight excluding hydrogens is 388 g/mol. The number of hydrogen-bond donors (Lipinski definition) is 3. The molecule has 0 aromatic heterocycles. The Morgan fingerprint density at radius 2 is 1.65 bits per heavy atom. The fraction of sp³-hybridized carbons (Fsp3) is 0.333. The number of allylic oxidation sites excluding steroid dienone is 4. The Morgan fingerprint density at radius 1 is 0.935 bits per heavy atom. The van der Waals surface area contributed by atoms with E-state index in [1.807, 2.05) is 32.1 Å². The van der Waals surface area contributed by atoms with Crippen molar-refractivity contribution in [1.29, 1.82) is 0 Å². The number of aromatic hydroxyl groups is 3. The summed E-state index contributed by atoms with van der Waals surface area (Å²) in [6.07, 6.45) is 10.7. The molecule has 0 amide bonds. The van der Waals surface area contributed by atoms with E-state index in [1.165, 1.54) is 11.1 Å². The van der Waals surface area contributed by atoms with E-state index in [9.17, 15) is 15.3 Å². The van der Waals surface area contributed by atoms with Crippen LogP contribution in [0.3, 0.4) is 0 Å². The van der Waals surface area contributed by atoms with Crippen molar-refractivity contribution in [2.75, 3.05) is 0 Å². The monoisotopic (exact) mass is 420 g/mol.